The Morgan fingerprint density at radius 2 is 0.506 bits per heavy atom. The Kier molecular flexibility index (Phi) is 61.4. The van der Waals surface area contributed by atoms with E-state index in [-0.39, 0.29) is 37.5 Å². The minimum Gasteiger partial charge on any atom is -0.462 e. The summed E-state index contributed by atoms with van der Waals surface area (Å²) < 4.78 is 16.8. The third-order valence-electron chi connectivity index (χ3n) is 13.0. The van der Waals surface area contributed by atoms with Crippen LogP contribution >= 0.6 is 0 Å². The normalized spacial score (nSPS) is 13.2. The molecule has 0 aromatic heterocycles. The molecule has 6 heteroatoms. The smallest absolute Gasteiger partial charge is 0.306 e. The zero-order chi connectivity index (χ0) is 57.1. The van der Waals surface area contributed by atoms with Crippen LogP contribution in [0.2, 0.25) is 0 Å². The number of ether oxygens (including phenoxy) is 3. The maximum atomic E-state index is 12.9. The lowest BCUT2D eigenvalue weighted by atomic mass is 10.0. The minimum absolute atomic E-state index is 0.113. The molecule has 0 amide bonds. The molecule has 0 aromatic rings. The van der Waals surface area contributed by atoms with Gasteiger partial charge in [-0.05, 0) is 122 Å². The molecule has 0 spiro atoms. The van der Waals surface area contributed by atoms with Gasteiger partial charge in [-0.25, -0.2) is 0 Å². The summed E-state index contributed by atoms with van der Waals surface area (Å²) in [6, 6.07) is 0. The Bertz CT molecular complexity index is 1780. The third-order valence-corrected chi connectivity index (χ3v) is 13.0. The summed E-state index contributed by atoms with van der Waals surface area (Å²) in [5, 5.41) is 0. The van der Waals surface area contributed by atoms with Crippen molar-refractivity contribution in [2.24, 2.45) is 0 Å². The van der Waals surface area contributed by atoms with Gasteiger partial charge in [0.25, 0.3) is 0 Å². The van der Waals surface area contributed by atoms with E-state index in [1.54, 1.807) is 0 Å². The number of esters is 3. The highest BCUT2D eigenvalue weighted by molar-refractivity contribution is 5.71. The van der Waals surface area contributed by atoms with Crippen LogP contribution in [0.3, 0.4) is 0 Å². The van der Waals surface area contributed by atoms with Gasteiger partial charge in [-0.1, -0.05) is 281 Å². The molecule has 0 radical (unpaired) electrons. The van der Waals surface area contributed by atoms with E-state index in [2.05, 4.69) is 179 Å². The van der Waals surface area contributed by atoms with Crippen molar-refractivity contribution in [3.8, 4) is 0 Å². The molecule has 0 N–H and O–H groups in total. The van der Waals surface area contributed by atoms with Crippen molar-refractivity contribution in [3.05, 3.63) is 158 Å². The molecule has 0 fully saturated rings. The zero-order valence-corrected chi connectivity index (χ0v) is 50.8. The number of carbonyl (C=O) groups is 3. The molecule has 1 atom stereocenters. The molecule has 0 saturated carbocycles. The molecular formula is C73H116O6. The van der Waals surface area contributed by atoms with Gasteiger partial charge in [0.15, 0.2) is 6.10 Å². The van der Waals surface area contributed by atoms with E-state index in [0.717, 1.165) is 141 Å². The molecule has 1 unspecified atom stereocenters. The predicted molar refractivity (Wildman–Crippen MR) is 343 cm³/mol. The average molecular weight is 1090 g/mol. The molecular weight excluding hydrogens is 973 g/mol. The van der Waals surface area contributed by atoms with E-state index in [1.165, 1.54) is 77.0 Å². The van der Waals surface area contributed by atoms with Crippen LogP contribution < -0.4 is 0 Å². The quantitative estimate of drug-likeness (QED) is 0.0261. The molecule has 444 valence electrons. The van der Waals surface area contributed by atoms with Gasteiger partial charge >= 0.3 is 17.9 Å². The second-order valence-electron chi connectivity index (χ2n) is 20.6. The average Bonchev–Trinajstić information content (AvgIpc) is 3.45. The van der Waals surface area contributed by atoms with Crippen LogP contribution in [0.1, 0.15) is 265 Å². The molecule has 0 heterocycles. The summed E-state index contributed by atoms with van der Waals surface area (Å²) in [5.74, 6) is -0.999. The zero-order valence-electron chi connectivity index (χ0n) is 50.8. The van der Waals surface area contributed by atoms with Gasteiger partial charge in [0.2, 0.25) is 0 Å². The maximum Gasteiger partial charge on any atom is 0.306 e. The second kappa shape index (κ2) is 65.5. The Morgan fingerprint density at radius 3 is 0.810 bits per heavy atom. The first-order chi connectivity index (χ1) is 39.0. The van der Waals surface area contributed by atoms with Gasteiger partial charge in [0, 0.05) is 19.3 Å². The number of unbranched alkanes of at least 4 members (excludes halogenated alkanes) is 19. The van der Waals surface area contributed by atoms with E-state index in [4.69, 9.17) is 14.2 Å². The first-order valence-corrected chi connectivity index (χ1v) is 32.0. The lowest BCUT2D eigenvalue weighted by molar-refractivity contribution is -0.167. The maximum absolute atomic E-state index is 12.9. The molecule has 0 aliphatic rings. The van der Waals surface area contributed by atoms with Crippen molar-refractivity contribution in [1.29, 1.82) is 0 Å². The lowest BCUT2D eigenvalue weighted by Gasteiger charge is -2.18. The second-order valence-corrected chi connectivity index (χ2v) is 20.6. The summed E-state index contributed by atoms with van der Waals surface area (Å²) in [7, 11) is 0. The Morgan fingerprint density at radius 1 is 0.266 bits per heavy atom. The number of allylic oxidation sites excluding steroid dienone is 26. The van der Waals surface area contributed by atoms with Crippen LogP contribution in [0.25, 0.3) is 0 Å². The fourth-order valence-electron chi connectivity index (χ4n) is 8.32. The molecule has 0 aromatic carbocycles. The molecule has 0 aliphatic heterocycles. The first-order valence-electron chi connectivity index (χ1n) is 32.0. The van der Waals surface area contributed by atoms with Crippen molar-refractivity contribution < 1.29 is 28.6 Å². The van der Waals surface area contributed by atoms with Crippen LogP contribution in [0.15, 0.2) is 158 Å². The van der Waals surface area contributed by atoms with Crippen LogP contribution in [0.4, 0.5) is 0 Å². The highest BCUT2D eigenvalue weighted by atomic mass is 16.6. The molecule has 0 rings (SSSR count). The van der Waals surface area contributed by atoms with E-state index < -0.39 is 6.10 Å². The van der Waals surface area contributed by atoms with Crippen LogP contribution in [-0.2, 0) is 28.6 Å². The van der Waals surface area contributed by atoms with Crippen molar-refractivity contribution in [1.82, 2.24) is 0 Å². The van der Waals surface area contributed by atoms with Crippen LogP contribution in [-0.4, -0.2) is 37.2 Å². The number of carbonyl (C=O) groups excluding carboxylic acids is 3. The number of hydrogen-bond donors (Lipinski definition) is 0. The highest BCUT2D eigenvalue weighted by Gasteiger charge is 2.19. The Balaban J connectivity index is 4.47. The van der Waals surface area contributed by atoms with Gasteiger partial charge < -0.3 is 14.2 Å². The summed E-state index contributed by atoms with van der Waals surface area (Å²) in [6.07, 6.45) is 95.4. The summed E-state index contributed by atoms with van der Waals surface area (Å²) >= 11 is 0. The Hall–Kier alpha value is -4.97. The van der Waals surface area contributed by atoms with Crippen LogP contribution in [0.5, 0.6) is 0 Å². The molecule has 0 aliphatic carbocycles. The Labute approximate surface area is 486 Å². The SMILES string of the molecule is CC/C=C\C/C=C\C/C=C\C/C=C\C/C=C\C/C=C\C/C=C\C/C=C\CCCCCCC(=O)OCC(COC(=O)CCCCCCCCCCCCCCCCC)OC(=O)CCC/C=C\C/C=C\C/C=C\C/C=C\C/C=C\CC. The number of hydrogen-bond acceptors (Lipinski definition) is 6. The molecule has 0 bridgehead atoms. The monoisotopic (exact) mass is 1090 g/mol. The number of rotatable bonds is 56. The van der Waals surface area contributed by atoms with E-state index >= 15 is 0 Å². The van der Waals surface area contributed by atoms with Crippen molar-refractivity contribution >= 4 is 17.9 Å². The summed E-state index contributed by atoms with van der Waals surface area (Å²) in [5.41, 5.74) is 0. The van der Waals surface area contributed by atoms with Gasteiger partial charge in [0.05, 0.1) is 0 Å². The third kappa shape index (κ3) is 63.7. The van der Waals surface area contributed by atoms with Gasteiger partial charge in [-0.2, -0.15) is 0 Å². The van der Waals surface area contributed by atoms with E-state index in [9.17, 15) is 14.4 Å². The van der Waals surface area contributed by atoms with Gasteiger partial charge in [-0.3, -0.25) is 14.4 Å². The molecule has 79 heavy (non-hydrogen) atoms. The highest BCUT2D eigenvalue weighted by Crippen LogP contribution is 2.15. The summed E-state index contributed by atoms with van der Waals surface area (Å²) in [4.78, 5) is 38.3. The first kappa shape index (κ1) is 74.0. The largest absolute Gasteiger partial charge is 0.462 e. The standard InChI is InChI=1S/C73H116O6/c1-4-7-10-13-16-19-22-25-28-30-31-32-33-34-35-36-37-38-39-40-41-43-45-48-51-54-57-60-63-66-72(75)78-69-70(68-77-71(74)65-62-59-56-53-50-47-44-27-24-21-18-15-12-9-6-3)79-73(76)67-64-61-58-55-52-49-46-42-29-26-23-20-17-14-11-8-5-2/h7-8,10-11,16-17,19-20,25-26,28-29,31-32,34-35,37-38,40-41,45-46,48-49,55,58,70H,4-6,9,12-15,18,21-24,27,30,33,36,39,42-44,47,50-54,56-57,59-69H2,1-3H3/b10-7-,11-8-,19-16-,20-17-,28-25-,29-26-,32-31-,35-34-,38-37-,41-40-,48-45-,49-46-,58-55-. The summed E-state index contributed by atoms with van der Waals surface area (Å²) in [6.45, 7) is 6.35. The van der Waals surface area contributed by atoms with Crippen molar-refractivity contribution in [2.75, 3.05) is 13.2 Å². The van der Waals surface area contributed by atoms with Gasteiger partial charge in [0.1, 0.15) is 13.2 Å². The van der Waals surface area contributed by atoms with Crippen LogP contribution in [0, 0.1) is 0 Å². The van der Waals surface area contributed by atoms with Gasteiger partial charge in [-0.15, -0.1) is 0 Å². The van der Waals surface area contributed by atoms with Crippen molar-refractivity contribution in [2.45, 2.75) is 271 Å². The van der Waals surface area contributed by atoms with E-state index in [1.807, 2.05) is 0 Å². The molecule has 6 nitrogen and oxygen atoms in total. The fraction of sp³-hybridized carbons (Fsp3) is 0.603. The van der Waals surface area contributed by atoms with Crippen molar-refractivity contribution in [3.63, 3.8) is 0 Å². The minimum atomic E-state index is -0.826. The fourth-order valence-corrected chi connectivity index (χ4v) is 8.32. The lowest BCUT2D eigenvalue weighted by Crippen LogP contribution is -2.30. The van der Waals surface area contributed by atoms with E-state index in [0.29, 0.717) is 19.3 Å². The molecule has 0 saturated heterocycles. The predicted octanol–water partition coefficient (Wildman–Crippen LogP) is 22.1. The topological polar surface area (TPSA) is 78.9 Å².